The Bertz CT molecular complexity index is 834. The van der Waals surface area contributed by atoms with Crippen molar-refractivity contribution in [2.75, 3.05) is 23.3 Å². The molecule has 0 aliphatic rings. The van der Waals surface area contributed by atoms with E-state index >= 15 is 0 Å². The first-order valence-corrected chi connectivity index (χ1v) is 8.62. The lowest BCUT2D eigenvalue weighted by atomic mass is 10.0. The van der Waals surface area contributed by atoms with Gasteiger partial charge in [0.15, 0.2) is 0 Å². The lowest BCUT2D eigenvalue weighted by molar-refractivity contribution is 0.866. The molecule has 0 spiro atoms. The van der Waals surface area contributed by atoms with E-state index in [9.17, 15) is 0 Å². The molecule has 0 saturated carbocycles. The van der Waals surface area contributed by atoms with Gasteiger partial charge in [0.1, 0.15) is 5.82 Å². The van der Waals surface area contributed by atoms with Crippen molar-refractivity contribution in [1.29, 1.82) is 0 Å². The van der Waals surface area contributed by atoms with Crippen molar-refractivity contribution in [1.82, 2.24) is 4.98 Å². The number of rotatable bonds is 5. The van der Waals surface area contributed by atoms with Crippen LogP contribution in [0.3, 0.4) is 0 Å². The summed E-state index contributed by atoms with van der Waals surface area (Å²) in [7, 11) is 0. The van der Waals surface area contributed by atoms with Crippen LogP contribution in [0.2, 0.25) is 0 Å². The molecule has 0 fully saturated rings. The van der Waals surface area contributed by atoms with E-state index < -0.39 is 0 Å². The van der Waals surface area contributed by atoms with E-state index in [1.54, 1.807) is 0 Å². The van der Waals surface area contributed by atoms with E-state index in [0.717, 1.165) is 30.1 Å². The summed E-state index contributed by atoms with van der Waals surface area (Å²) in [5.41, 5.74) is 5.83. The van der Waals surface area contributed by atoms with Gasteiger partial charge in [-0.2, -0.15) is 0 Å². The zero-order valence-electron chi connectivity index (χ0n) is 14.9. The molecule has 0 amide bonds. The lowest BCUT2D eigenvalue weighted by Crippen LogP contribution is -2.21. The molecule has 1 aromatic heterocycles. The third kappa shape index (κ3) is 3.07. The van der Waals surface area contributed by atoms with Crippen LogP contribution in [0.25, 0.3) is 10.9 Å². The van der Waals surface area contributed by atoms with E-state index in [1.807, 2.05) is 6.07 Å². The maximum absolute atomic E-state index is 4.80. The molecule has 24 heavy (non-hydrogen) atoms. The van der Waals surface area contributed by atoms with Crippen LogP contribution in [0.5, 0.6) is 0 Å². The summed E-state index contributed by atoms with van der Waals surface area (Å²) in [4.78, 5) is 7.14. The van der Waals surface area contributed by atoms with Crippen LogP contribution in [0.4, 0.5) is 17.2 Å². The van der Waals surface area contributed by atoms with E-state index in [4.69, 9.17) is 4.98 Å². The highest BCUT2D eigenvalue weighted by Gasteiger charge is 2.09. The van der Waals surface area contributed by atoms with Crippen molar-refractivity contribution in [2.24, 2.45) is 0 Å². The maximum atomic E-state index is 4.80. The Kier molecular flexibility index (Phi) is 4.70. The molecule has 0 saturated heterocycles. The SMILES string of the molecule is CCN(CC)c1ccc(Nc2nc3ccccc3c(C)c2C)cc1. The molecule has 0 aliphatic heterocycles. The molecule has 3 nitrogen and oxygen atoms in total. The van der Waals surface area contributed by atoms with E-state index in [-0.39, 0.29) is 0 Å². The topological polar surface area (TPSA) is 28.2 Å². The second kappa shape index (κ2) is 6.91. The summed E-state index contributed by atoms with van der Waals surface area (Å²) in [5, 5.41) is 4.70. The number of hydrogen-bond acceptors (Lipinski definition) is 3. The minimum absolute atomic E-state index is 0.932. The Morgan fingerprint density at radius 3 is 2.21 bits per heavy atom. The number of anilines is 3. The molecule has 0 atom stereocenters. The Hall–Kier alpha value is -2.55. The molecule has 3 aromatic rings. The highest BCUT2D eigenvalue weighted by molar-refractivity contribution is 5.86. The average molecular weight is 319 g/mol. The average Bonchev–Trinajstić information content (AvgIpc) is 2.62. The zero-order chi connectivity index (χ0) is 17.1. The number of para-hydroxylation sites is 1. The van der Waals surface area contributed by atoms with E-state index in [1.165, 1.54) is 22.2 Å². The van der Waals surface area contributed by atoms with Gasteiger partial charge in [-0.1, -0.05) is 18.2 Å². The van der Waals surface area contributed by atoms with Crippen LogP contribution in [0.15, 0.2) is 48.5 Å². The van der Waals surface area contributed by atoms with Crippen molar-refractivity contribution in [3.63, 3.8) is 0 Å². The predicted molar refractivity (Wildman–Crippen MR) is 105 cm³/mol. The first kappa shape index (κ1) is 16.3. The molecule has 1 N–H and O–H groups in total. The number of nitrogens with zero attached hydrogens (tertiary/aromatic N) is 2. The number of aryl methyl sites for hydroxylation is 1. The van der Waals surface area contributed by atoms with Crippen molar-refractivity contribution >= 4 is 28.1 Å². The van der Waals surface area contributed by atoms with Crippen molar-refractivity contribution in [3.8, 4) is 0 Å². The van der Waals surface area contributed by atoms with Gasteiger partial charge in [0.25, 0.3) is 0 Å². The molecule has 3 rings (SSSR count). The largest absolute Gasteiger partial charge is 0.372 e. The second-order valence-electron chi connectivity index (χ2n) is 6.07. The molecule has 1 heterocycles. The molecule has 0 radical (unpaired) electrons. The van der Waals surface area contributed by atoms with E-state index in [2.05, 4.69) is 80.4 Å². The van der Waals surface area contributed by atoms with Gasteiger partial charge in [0.05, 0.1) is 5.52 Å². The Balaban J connectivity index is 1.91. The van der Waals surface area contributed by atoms with Crippen LogP contribution in [-0.2, 0) is 0 Å². The summed E-state index contributed by atoms with van der Waals surface area (Å²) in [5.74, 6) is 0.932. The predicted octanol–water partition coefficient (Wildman–Crippen LogP) is 5.44. The Labute approximate surface area is 144 Å². The maximum Gasteiger partial charge on any atom is 0.134 e. The van der Waals surface area contributed by atoms with Crippen molar-refractivity contribution in [2.45, 2.75) is 27.7 Å². The van der Waals surface area contributed by atoms with Crippen molar-refractivity contribution in [3.05, 3.63) is 59.7 Å². The fraction of sp³-hybridized carbons (Fsp3) is 0.286. The quantitative estimate of drug-likeness (QED) is 0.678. The normalized spacial score (nSPS) is 10.8. The Morgan fingerprint density at radius 2 is 1.54 bits per heavy atom. The van der Waals surface area contributed by atoms with Gasteiger partial charge < -0.3 is 10.2 Å². The second-order valence-corrected chi connectivity index (χ2v) is 6.07. The first-order chi connectivity index (χ1) is 11.6. The van der Waals surface area contributed by atoms with Gasteiger partial charge in [-0.15, -0.1) is 0 Å². The Morgan fingerprint density at radius 1 is 0.875 bits per heavy atom. The summed E-state index contributed by atoms with van der Waals surface area (Å²) in [6.07, 6.45) is 0. The fourth-order valence-electron chi connectivity index (χ4n) is 3.07. The standard InChI is InChI=1S/C21H25N3/c1-5-24(6-2)18-13-11-17(12-14-18)22-21-16(4)15(3)19-9-7-8-10-20(19)23-21/h7-14H,5-6H2,1-4H3,(H,22,23). The molecular weight excluding hydrogens is 294 g/mol. The van der Waals surface area contributed by atoms with Crippen LogP contribution < -0.4 is 10.2 Å². The van der Waals surface area contributed by atoms with Crippen LogP contribution in [-0.4, -0.2) is 18.1 Å². The van der Waals surface area contributed by atoms with Crippen molar-refractivity contribution < 1.29 is 0 Å². The summed E-state index contributed by atoms with van der Waals surface area (Å²) in [6, 6.07) is 16.9. The zero-order valence-corrected chi connectivity index (χ0v) is 14.9. The molecular formula is C21H25N3. The molecule has 0 bridgehead atoms. The molecule has 124 valence electrons. The number of fused-ring (bicyclic) bond motifs is 1. The van der Waals surface area contributed by atoms with Crippen LogP contribution in [0, 0.1) is 13.8 Å². The van der Waals surface area contributed by atoms with Gasteiger partial charge in [-0.25, -0.2) is 4.98 Å². The molecule has 3 heteroatoms. The first-order valence-electron chi connectivity index (χ1n) is 8.62. The molecule has 2 aromatic carbocycles. The third-order valence-corrected chi connectivity index (χ3v) is 4.72. The van der Waals surface area contributed by atoms with Gasteiger partial charge in [-0.3, -0.25) is 0 Å². The number of aromatic nitrogens is 1. The van der Waals surface area contributed by atoms with Crippen LogP contribution in [0.1, 0.15) is 25.0 Å². The minimum atomic E-state index is 0.932. The lowest BCUT2D eigenvalue weighted by Gasteiger charge is -2.21. The van der Waals surface area contributed by atoms with E-state index in [0.29, 0.717) is 0 Å². The van der Waals surface area contributed by atoms with Gasteiger partial charge in [0, 0.05) is 29.9 Å². The number of nitrogens with one attached hydrogen (secondary N) is 1. The van der Waals surface area contributed by atoms with Gasteiger partial charge in [-0.05, 0) is 69.2 Å². The summed E-state index contributed by atoms with van der Waals surface area (Å²) < 4.78 is 0. The number of pyridine rings is 1. The highest BCUT2D eigenvalue weighted by atomic mass is 15.1. The smallest absolute Gasteiger partial charge is 0.134 e. The van der Waals surface area contributed by atoms with Crippen LogP contribution >= 0.6 is 0 Å². The minimum Gasteiger partial charge on any atom is -0.372 e. The molecule has 0 aliphatic carbocycles. The monoisotopic (exact) mass is 319 g/mol. The highest BCUT2D eigenvalue weighted by Crippen LogP contribution is 2.28. The fourth-order valence-corrected chi connectivity index (χ4v) is 3.07. The number of benzene rings is 2. The summed E-state index contributed by atoms with van der Waals surface area (Å²) in [6.45, 7) is 10.7. The summed E-state index contributed by atoms with van der Waals surface area (Å²) >= 11 is 0. The third-order valence-electron chi connectivity index (χ3n) is 4.72. The van der Waals surface area contributed by atoms with Gasteiger partial charge in [0.2, 0.25) is 0 Å². The van der Waals surface area contributed by atoms with Gasteiger partial charge >= 0.3 is 0 Å². The molecule has 0 unspecified atom stereocenters. The number of hydrogen-bond donors (Lipinski definition) is 1.